The van der Waals surface area contributed by atoms with Crippen LogP contribution >= 0.6 is 0 Å². The first-order valence-electron chi connectivity index (χ1n) is 1.80. The molecule has 0 aliphatic carbocycles. The summed E-state index contributed by atoms with van der Waals surface area (Å²) in [6, 6.07) is 0. The number of nitrogens with one attached hydrogen (secondary N) is 1. The van der Waals surface area contributed by atoms with E-state index in [1.807, 2.05) is 0 Å². The lowest BCUT2D eigenvalue weighted by molar-refractivity contribution is -0.136. The van der Waals surface area contributed by atoms with Crippen LogP contribution in [0.3, 0.4) is 0 Å². The molecular formula is C3H7NO3. The highest BCUT2D eigenvalue weighted by atomic mass is 16.5. The van der Waals surface area contributed by atoms with Crippen LogP contribution < -0.4 is 5.48 Å². The lowest BCUT2D eigenvalue weighted by Crippen LogP contribution is -2.29. The molecule has 0 aliphatic heterocycles. The first-order valence-corrected chi connectivity index (χ1v) is 1.80. The Kier molecular flexibility index (Phi) is 2.32. The Hall–Kier alpha value is -0.610. The molecule has 0 radical (unpaired) electrons. The molecule has 0 aromatic rings. The lowest BCUT2D eigenvalue weighted by Gasteiger charge is -1.96. The molecule has 0 aromatic heterocycles. The number of amides is 1. The van der Waals surface area contributed by atoms with Crippen LogP contribution in [0.25, 0.3) is 0 Å². The van der Waals surface area contributed by atoms with Gasteiger partial charge in [-0.2, -0.15) is 0 Å². The van der Waals surface area contributed by atoms with Crippen molar-refractivity contribution in [2.24, 2.45) is 0 Å². The second kappa shape index (κ2) is 2.54. The Morgan fingerprint density at radius 2 is 2.29 bits per heavy atom. The SMILES string of the molecule is CC(O)C(=O)NO. The highest BCUT2D eigenvalue weighted by Gasteiger charge is 2.03. The molecule has 3 N–H and O–H groups in total. The Morgan fingerprint density at radius 1 is 1.86 bits per heavy atom. The number of aliphatic hydroxyl groups is 1. The number of hydrogen-bond donors (Lipinski definition) is 3. The molecule has 1 amide bonds. The summed E-state index contributed by atoms with van der Waals surface area (Å²) < 4.78 is 0. The molecule has 0 aromatic carbocycles. The van der Waals surface area contributed by atoms with E-state index >= 15 is 0 Å². The van der Waals surface area contributed by atoms with E-state index in [9.17, 15) is 4.79 Å². The molecule has 0 spiro atoms. The summed E-state index contributed by atoms with van der Waals surface area (Å²) in [5.74, 6) is -0.792. The van der Waals surface area contributed by atoms with Gasteiger partial charge in [0.1, 0.15) is 6.10 Å². The minimum Gasteiger partial charge on any atom is -0.383 e. The number of aliphatic hydroxyl groups excluding tert-OH is 1. The minimum absolute atomic E-state index is 0.792. The fourth-order valence-corrected chi connectivity index (χ4v) is 0.0934. The molecule has 1 atom stereocenters. The summed E-state index contributed by atoms with van der Waals surface area (Å²) in [5, 5.41) is 16.0. The molecule has 0 aliphatic rings. The third kappa shape index (κ3) is 2.13. The van der Waals surface area contributed by atoms with Gasteiger partial charge in [-0.25, -0.2) is 5.48 Å². The van der Waals surface area contributed by atoms with Gasteiger partial charge in [0.2, 0.25) is 0 Å². The molecule has 4 nitrogen and oxygen atoms in total. The first kappa shape index (κ1) is 6.39. The molecule has 0 fully saturated rings. The summed E-state index contributed by atoms with van der Waals surface area (Å²) >= 11 is 0. The zero-order chi connectivity index (χ0) is 5.86. The minimum atomic E-state index is -1.13. The molecule has 1 unspecified atom stereocenters. The number of hydrogen-bond acceptors (Lipinski definition) is 3. The van der Waals surface area contributed by atoms with Crippen LogP contribution in [0, 0.1) is 0 Å². The third-order valence-corrected chi connectivity index (χ3v) is 0.490. The van der Waals surface area contributed by atoms with E-state index in [0.717, 1.165) is 0 Å². The molecule has 0 saturated heterocycles. The molecule has 4 heteroatoms. The van der Waals surface area contributed by atoms with Crippen molar-refractivity contribution < 1.29 is 15.1 Å². The van der Waals surface area contributed by atoms with Gasteiger partial charge in [0.25, 0.3) is 5.91 Å². The monoisotopic (exact) mass is 105 g/mol. The highest BCUT2D eigenvalue weighted by Crippen LogP contribution is 1.73. The van der Waals surface area contributed by atoms with Gasteiger partial charge in [-0.05, 0) is 6.92 Å². The summed E-state index contributed by atoms with van der Waals surface area (Å²) in [7, 11) is 0. The zero-order valence-corrected chi connectivity index (χ0v) is 3.88. The van der Waals surface area contributed by atoms with Crippen LogP contribution in [0.5, 0.6) is 0 Å². The van der Waals surface area contributed by atoms with Crippen molar-refractivity contribution in [3.05, 3.63) is 0 Å². The number of carbonyl (C=O) groups excluding carboxylic acids is 1. The van der Waals surface area contributed by atoms with E-state index in [1.165, 1.54) is 12.4 Å². The van der Waals surface area contributed by atoms with E-state index < -0.39 is 12.0 Å². The van der Waals surface area contributed by atoms with Crippen LogP contribution in [0.15, 0.2) is 0 Å². The van der Waals surface area contributed by atoms with Crippen molar-refractivity contribution in [3.8, 4) is 0 Å². The fraction of sp³-hybridized carbons (Fsp3) is 0.667. The zero-order valence-electron chi connectivity index (χ0n) is 3.88. The maximum absolute atomic E-state index is 9.90. The predicted octanol–water partition coefficient (Wildman–Crippen LogP) is -1.13. The van der Waals surface area contributed by atoms with Gasteiger partial charge in [0.05, 0.1) is 0 Å². The van der Waals surface area contributed by atoms with E-state index in [1.54, 1.807) is 0 Å². The fourth-order valence-electron chi connectivity index (χ4n) is 0.0934. The Labute approximate surface area is 40.7 Å². The van der Waals surface area contributed by atoms with Gasteiger partial charge in [-0.3, -0.25) is 10.0 Å². The summed E-state index contributed by atoms with van der Waals surface area (Å²) in [6.07, 6.45) is -1.13. The van der Waals surface area contributed by atoms with Crippen LogP contribution in [0.1, 0.15) is 6.92 Å². The average Bonchev–Trinajstić information content (AvgIpc) is 1.65. The van der Waals surface area contributed by atoms with Crippen LogP contribution in [0.2, 0.25) is 0 Å². The van der Waals surface area contributed by atoms with Crippen molar-refractivity contribution in [2.75, 3.05) is 0 Å². The van der Waals surface area contributed by atoms with Gasteiger partial charge in [0.15, 0.2) is 0 Å². The predicted molar refractivity (Wildman–Crippen MR) is 21.6 cm³/mol. The Morgan fingerprint density at radius 3 is 2.29 bits per heavy atom. The molecule has 0 bridgehead atoms. The van der Waals surface area contributed by atoms with E-state index in [4.69, 9.17) is 10.3 Å². The largest absolute Gasteiger partial charge is 0.383 e. The van der Waals surface area contributed by atoms with Crippen molar-refractivity contribution in [1.29, 1.82) is 0 Å². The van der Waals surface area contributed by atoms with Crippen LogP contribution in [0.4, 0.5) is 0 Å². The number of carbonyl (C=O) groups is 1. The average molecular weight is 105 g/mol. The molecule has 42 valence electrons. The normalized spacial score (nSPS) is 13.0. The van der Waals surface area contributed by atoms with Crippen molar-refractivity contribution in [3.63, 3.8) is 0 Å². The topological polar surface area (TPSA) is 69.6 Å². The molecule has 7 heavy (non-hydrogen) atoms. The van der Waals surface area contributed by atoms with Crippen molar-refractivity contribution in [2.45, 2.75) is 13.0 Å². The quantitative estimate of drug-likeness (QED) is 0.292. The third-order valence-electron chi connectivity index (χ3n) is 0.490. The summed E-state index contributed by atoms with van der Waals surface area (Å²) in [6.45, 7) is 1.26. The van der Waals surface area contributed by atoms with Crippen molar-refractivity contribution in [1.82, 2.24) is 5.48 Å². The van der Waals surface area contributed by atoms with E-state index in [0.29, 0.717) is 0 Å². The second-order valence-corrected chi connectivity index (χ2v) is 1.15. The van der Waals surface area contributed by atoms with Gasteiger partial charge in [0, 0.05) is 0 Å². The first-order chi connectivity index (χ1) is 3.18. The lowest BCUT2D eigenvalue weighted by atomic mass is 10.4. The number of hydroxylamine groups is 1. The maximum atomic E-state index is 9.90. The second-order valence-electron chi connectivity index (χ2n) is 1.15. The van der Waals surface area contributed by atoms with Crippen molar-refractivity contribution >= 4 is 5.91 Å². The molecule has 0 saturated carbocycles. The van der Waals surface area contributed by atoms with E-state index in [2.05, 4.69) is 0 Å². The van der Waals surface area contributed by atoms with Gasteiger partial charge < -0.3 is 5.11 Å². The smallest absolute Gasteiger partial charge is 0.271 e. The summed E-state index contributed by atoms with van der Waals surface area (Å²) in [5.41, 5.74) is 1.28. The number of rotatable bonds is 1. The maximum Gasteiger partial charge on any atom is 0.271 e. The van der Waals surface area contributed by atoms with Gasteiger partial charge >= 0.3 is 0 Å². The van der Waals surface area contributed by atoms with Gasteiger partial charge in [-0.1, -0.05) is 0 Å². The Bertz CT molecular complexity index is 70.6. The summed E-state index contributed by atoms with van der Waals surface area (Å²) in [4.78, 5) is 9.90. The van der Waals surface area contributed by atoms with Crippen LogP contribution in [-0.2, 0) is 4.79 Å². The van der Waals surface area contributed by atoms with E-state index in [-0.39, 0.29) is 0 Å². The van der Waals surface area contributed by atoms with Gasteiger partial charge in [-0.15, -0.1) is 0 Å². The highest BCUT2D eigenvalue weighted by molar-refractivity contribution is 5.78. The molecule has 0 heterocycles. The standard InChI is InChI=1S/C3H7NO3/c1-2(5)3(6)4-7/h2,5,7H,1H3,(H,4,6). The Balaban J connectivity index is 3.35. The molecule has 0 rings (SSSR count). The van der Waals surface area contributed by atoms with Crippen LogP contribution in [-0.4, -0.2) is 22.3 Å². The molecular weight excluding hydrogens is 98.0 g/mol.